The fraction of sp³-hybridized carbons (Fsp3) is 0.333. The Bertz CT molecular complexity index is 293. The molecule has 0 saturated carbocycles. The van der Waals surface area contributed by atoms with Crippen molar-refractivity contribution in [3.8, 4) is 0 Å². The van der Waals surface area contributed by atoms with Crippen LogP contribution in [0.3, 0.4) is 0 Å². The number of rotatable bonds is 3. The van der Waals surface area contributed by atoms with Crippen LogP contribution in [0.25, 0.3) is 0 Å². The molecule has 0 amide bonds. The Morgan fingerprint density at radius 2 is 1.57 bits per heavy atom. The molecule has 0 aliphatic rings. The van der Waals surface area contributed by atoms with Crippen LogP contribution in [0.2, 0.25) is 0 Å². The first-order valence-corrected chi connectivity index (χ1v) is 3.97. The van der Waals surface area contributed by atoms with E-state index in [4.69, 9.17) is 5.73 Å². The van der Waals surface area contributed by atoms with Gasteiger partial charge in [0.25, 0.3) is 6.43 Å². The summed E-state index contributed by atoms with van der Waals surface area (Å²) in [6.45, 7) is 0. The summed E-state index contributed by atoms with van der Waals surface area (Å²) in [5.74, 6) is -1.58. The van der Waals surface area contributed by atoms with Gasteiger partial charge in [-0.1, -0.05) is 0 Å². The first kappa shape index (κ1) is 11.0. The molecule has 1 atom stereocenters. The van der Waals surface area contributed by atoms with Crippen molar-refractivity contribution in [1.82, 2.24) is 0 Å². The minimum absolute atomic E-state index is 0.135. The van der Waals surface area contributed by atoms with E-state index in [0.717, 1.165) is 12.1 Å². The van der Waals surface area contributed by atoms with Crippen LogP contribution in [0.4, 0.5) is 17.6 Å². The lowest BCUT2D eigenvalue weighted by molar-refractivity contribution is 0.116. The summed E-state index contributed by atoms with van der Waals surface area (Å²) in [4.78, 5) is 0. The lowest BCUT2D eigenvalue weighted by Gasteiger charge is -2.10. The van der Waals surface area contributed by atoms with E-state index in [-0.39, 0.29) is 12.0 Å². The summed E-state index contributed by atoms with van der Waals surface area (Å²) in [6.07, 6.45) is -2.94. The number of hydrogen-bond donors (Lipinski definition) is 1. The van der Waals surface area contributed by atoms with Gasteiger partial charge in [-0.15, -0.1) is 0 Å². The fourth-order valence-corrected chi connectivity index (χ4v) is 1.09. The van der Waals surface area contributed by atoms with Gasteiger partial charge in [0.05, 0.1) is 6.04 Å². The number of halogens is 4. The molecule has 0 saturated heterocycles. The summed E-state index contributed by atoms with van der Waals surface area (Å²) >= 11 is 0. The van der Waals surface area contributed by atoms with Crippen molar-refractivity contribution in [3.63, 3.8) is 0 Å². The Labute approximate surface area is 78.5 Å². The monoisotopic (exact) mass is 207 g/mol. The van der Waals surface area contributed by atoms with Crippen LogP contribution in [-0.2, 0) is 6.42 Å². The molecule has 0 bridgehead atoms. The third-order valence-electron chi connectivity index (χ3n) is 1.72. The quantitative estimate of drug-likeness (QED) is 0.754. The Morgan fingerprint density at radius 1 is 1.07 bits per heavy atom. The topological polar surface area (TPSA) is 26.0 Å². The van der Waals surface area contributed by atoms with Crippen LogP contribution in [0.15, 0.2) is 18.2 Å². The van der Waals surface area contributed by atoms with Crippen molar-refractivity contribution in [2.75, 3.05) is 0 Å². The van der Waals surface area contributed by atoms with E-state index in [1.54, 1.807) is 0 Å². The minimum Gasteiger partial charge on any atom is -0.323 e. The zero-order chi connectivity index (χ0) is 10.7. The molecule has 5 heteroatoms. The number of hydrogen-bond acceptors (Lipinski definition) is 1. The molecule has 0 aliphatic heterocycles. The van der Waals surface area contributed by atoms with E-state index in [9.17, 15) is 17.6 Å². The maximum Gasteiger partial charge on any atom is 0.253 e. The molecule has 0 fully saturated rings. The van der Waals surface area contributed by atoms with Crippen LogP contribution in [0.5, 0.6) is 0 Å². The van der Waals surface area contributed by atoms with Gasteiger partial charge in [0.15, 0.2) is 0 Å². The van der Waals surface area contributed by atoms with Gasteiger partial charge in [0, 0.05) is 6.07 Å². The highest BCUT2D eigenvalue weighted by molar-refractivity contribution is 5.18. The Morgan fingerprint density at radius 3 is 2.00 bits per heavy atom. The van der Waals surface area contributed by atoms with Gasteiger partial charge < -0.3 is 5.73 Å². The van der Waals surface area contributed by atoms with E-state index < -0.39 is 24.1 Å². The van der Waals surface area contributed by atoms with Crippen molar-refractivity contribution in [1.29, 1.82) is 0 Å². The number of nitrogens with two attached hydrogens (primary N) is 1. The standard InChI is InChI=1S/C9H9F4N/c10-6-1-5(2-7(11)4-6)3-8(14)9(12)13/h1-2,4,8-9H,3,14H2. The first-order chi connectivity index (χ1) is 6.49. The molecule has 78 valence electrons. The van der Waals surface area contributed by atoms with Crippen molar-refractivity contribution in [2.45, 2.75) is 18.9 Å². The highest BCUT2D eigenvalue weighted by Crippen LogP contribution is 2.11. The summed E-state index contributed by atoms with van der Waals surface area (Å²) in [6, 6.07) is 1.27. The predicted octanol–water partition coefficient (Wildman–Crippen LogP) is 2.10. The molecule has 14 heavy (non-hydrogen) atoms. The van der Waals surface area contributed by atoms with Crippen molar-refractivity contribution in [2.24, 2.45) is 5.73 Å². The van der Waals surface area contributed by atoms with Crippen molar-refractivity contribution in [3.05, 3.63) is 35.4 Å². The zero-order valence-electron chi connectivity index (χ0n) is 7.18. The molecule has 0 aromatic heterocycles. The van der Waals surface area contributed by atoms with E-state index in [1.807, 2.05) is 0 Å². The Kier molecular flexibility index (Phi) is 3.46. The summed E-state index contributed by atoms with van der Waals surface area (Å²) in [5, 5.41) is 0. The smallest absolute Gasteiger partial charge is 0.253 e. The highest BCUT2D eigenvalue weighted by Gasteiger charge is 2.16. The van der Waals surface area contributed by atoms with E-state index in [0.29, 0.717) is 6.07 Å². The number of alkyl halides is 2. The molecular formula is C9H9F4N. The molecule has 0 radical (unpaired) electrons. The van der Waals surface area contributed by atoms with Gasteiger partial charge >= 0.3 is 0 Å². The Balaban J connectivity index is 2.76. The molecule has 2 N–H and O–H groups in total. The lowest BCUT2D eigenvalue weighted by atomic mass is 10.1. The average Bonchev–Trinajstić information content (AvgIpc) is 2.01. The summed E-state index contributed by atoms with van der Waals surface area (Å²) < 4.78 is 49.2. The Hall–Kier alpha value is -1.10. The lowest BCUT2D eigenvalue weighted by Crippen LogP contribution is -2.30. The van der Waals surface area contributed by atoms with Crippen LogP contribution in [-0.4, -0.2) is 12.5 Å². The summed E-state index contributed by atoms with van der Waals surface area (Å²) in [5.41, 5.74) is 5.19. The maximum atomic E-state index is 12.6. The molecule has 1 unspecified atom stereocenters. The number of benzene rings is 1. The van der Waals surface area contributed by atoms with Gasteiger partial charge in [-0.3, -0.25) is 0 Å². The normalized spacial score (nSPS) is 13.3. The zero-order valence-corrected chi connectivity index (χ0v) is 7.18. The summed E-state index contributed by atoms with van der Waals surface area (Å²) in [7, 11) is 0. The van der Waals surface area contributed by atoms with E-state index in [2.05, 4.69) is 0 Å². The van der Waals surface area contributed by atoms with Gasteiger partial charge in [-0.05, 0) is 24.1 Å². The van der Waals surface area contributed by atoms with E-state index >= 15 is 0 Å². The largest absolute Gasteiger partial charge is 0.323 e. The SMILES string of the molecule is NC(Cc1cc(F)cc(F)c1)C(F)F. The molecule has 1 aromatic carbocycles. The third kappa shape index (κ3) is 2.99. The van der Waals surface area contributed by atoms with Crippen LogP contribution in [0.1, 0.15) is 5.56 Å². The molecule has 1 nitrogen and oxygen atoms in total. The molecule has 1 aromatic rings. The van der Waals surface area contributed by atoms with Crippen molar-refractivity contribution >= 4 is 0 Å². The van der Waals surface area contributed by atoms with Crippen molar-refractivity contribution < 1.29 is 17.6 Å². The van der Waals surface area contributed by atoms with Gasteiger partial charge in [0.2, 0.25) is 0 Å². The first-order valence-electron chi connectivity index (χ1n) is 3.97. The fourth-order valence-electron chi connectivity index (χ4n) is 1.09. The van der Waals surface area contributed by atoms with E-state index in [1.165, 1.54) is 0 Å². The highest BCUT2D eigenvalue weighted by atomic mass is 19.3. The second kappa shape index (κ2) is 4.41. The molecular weight excluding hydrogens is 198 g/mol. The predicted molar refractivity (Wildman–Crippen MR) is 44.0 cm³/mol. The molecule has 0 spiro atoms. The molecule has 0 heterocycles. The van der Waals surface area contributed by atoms with Gasteiger partial charge in [0.1, 0.15) is 11.6 Å². The average molecular weight is 207 g/mol. The minimum atomic E-state index is -2.69. The third-order valence-corrected chi connectivity index (χ3v) is 1.72. The second-order valence-electron chi connectivity index (χ2n) is 2.98. The van der Waals surface area contributed by atoms with Gasteiger partial charge in [-0.2, -0.15) is 0 Å². The maximum absolute atomic E-state index is 12.6. The van der Waals surface area contributed by atoms with Crippen LogP contribution < -0.4 is 5.73 Å². The van der Waals surface area contributed by atoms with Crippen LogP contribution >= 0.6 is 0 Å². The van der Waals surface area contributed by atoms with Gasteiger partial charge in [-0.25, -0.2) is 17.6 Å². The molecule has 0 aliphatic carbocycles. The second-order valence-corrected chi connectivity index (χ2v) is 2.98. The molecule has 1 rings (SSSR count). The van der Waals surface area contributed by atoms with Crippen LogP contribution in [0, 0.1) is 11.6 Å².